The van der Waals surface area contributed by atoms with Crippen LogP contribution in [0.1, 0.15) is 30.6 Å². The Kier molecular flexibility index (Phi) is 5.62. The molecule has 2 aliphatic rings. The predicted octanol–water partition coefficient (Wildman–Crippen LogP) is 0.401. The molecule has 150 valence electrons. The first-order valence-corrected chi connectivity index (χ1v) is 12.1. The van der Waals surface area contributed by atoms with Crippen molar-refractivity contribution >= 4 is 25.8 Å². The molecule has 2 saturated heterocycles. The Morgan fingerprint density at radius 2 is 1.74 bits per heavy atom. The van der Waals surface area contributed by atoms with Gasteiger partial charge in [0.2, 0.25) is 10.0 Å². The normalized spacial score (nSPS) is 28.2. The summed E-state index contributed by atoms with van der Waals surface area (Å²) in [4.78, 5) is 14.3. The first-order valence-electron chi connectivity index (χ1n) is 8.83. The predicted molar refractivity (Wildman–Crippen MR) is 99.7 cm³/mol. The Morgan fingerprint density at radius 3 is 2.26 bits per heavy atom. The molecule has 2 aliphatic heterocycles. The minimum Gasteiger partial charge on any atom is -0.372 e. The van der Waals surface area contributed by atoms with Crippen LogP contribution in [0.4, 0.5) is 0 Å². The Bertz CT molecular complexity index is 901. The largest absolute Gasteiger partial charge is 0.372 e. The number of nitrogens with one attached hydrogen (secondary N) is 1. The van der Waals surface area contributed by atoms with Gasteiger partial charge in [0.15, 0.2) is 9.84 Å². The molecule has 3 atom stereocenters. The molecular weight excluding hydrogens is 392 g/mol. The summed E-state index contributed by atoms with van der Waals surface area (Å²) in [7, 11) is -7.01. The van der Waals surface area contributed by atoms with Crippen molar-refractivity contribution < 1.29 is 26.4 Å². The van der Waals surface area contributed by atoms with Gasteiger partial charge in [0.25, 0.3) is 5.91 Å². The highest BCUT2D eigenvalue weighted by Crippen LogP contribution is 2.18. The van der Waals surface area contributed by atoms with Crippen LogP contribution in [0.25, 0.3) is 0 Å². The lowest BCUT2D eigenvalue weighted by molar-refractivity contribution is -0.0586. The molecule has 2 fully saturated rings. The number of hydrogen-bond donors (Lipinski definition) is 1. The maximum Gasteiger partial charge on any atom is 0.254 e. The van der Waals surface area contributed by atoms with Crippen LogP contribution in [-0.4, -0.2) is 70.5 Å². The van der Waals surface area contributed by atoms with Gasteiger partial charge in [-0.2, -0.15) is 0 Å². The summed E-state index contributed by atoms with van der Waals surface area (Å²) in [6.07, 6.45) is 0.166. The highest BCUT2D eigenvalue weighted by molar-refractivity contribution is 7.92. The summed E-state index contributed by atoms with van der Waals surface area (Å²) in [6, 6.07) is 5.08. The van der Waals surface area contributed by atoms with E-state index in [4.69, 9.17) is 4.74 Å². The third-order valence-electron chi connectivity index (χ3n) is 4.67. The molecular formula is C17H24N2O6S2. The fourth-order valence-corrected chi connectivity index (χ4v) is 6.53. The molecule has 0 spiro atoms. The van der Waals surface area contributed by atoms with E-state index >= 15 is 0 Å². The van der Waals surface area contributed by atoms with Crippen molar-refractivity contribution in [2.45, 2.75) is 43.4 Å². The smallest absolute Gasteiger partial charge is 0.254 e. The fraction of sp³-hybridized carbons (Fsp3) is 0.588. The Hall–Kier alpha value is -1.49. The van der Waals surface area contributed by atoms with Crippen molar-refractivity contribution in [3.05, 3.63) is 29.8 Å². The lowest BCUT2D eigenvalue weighted by Crippen LogP contribution is -2.48. The second-order valence-corrected chi connectivity index (χ2v) is 11.2. The molecule has 1 aromatic carbocycles. The van der Waals surface area contributed by atoms with Crippen molar-refractivity contribution in [2.24, 2.45) is 0 Å². The van der Waals surface area contributed by atoms with Crippen LogP contribution in [0.5, 0.6) is 0 Å². The SMILES string of the molecule is C[C@@H]1CN(C(=O)c2ccc(S(=O)(=O)N[C@@H]3CCS(=O)(=O)C3)cc2)C[C@@H](C)O1. The van der Waals surface area contributed by atoms with Crippen LogP contribution < -0.4 is 4.72 Å². The third kappa shape index (κ3) is 4.87. The fourth-order valence-electron chi connectivity index (χ4n) is 3.48. The van der Waals surface area contributed by atoms with Gasteiger partial charge < -0.3 is 9.64 Å². The maximum absolute atomic E-state index is 12.6. The molecule has 1 amide bonds. The Morgan fingerprint density at radius 1 is 1.15 bits per heavy atom. The van der Waals surface area contributed by atoms with E-state index in [0.29, 0.717) is 18.7 Å². The van der Waals surface area contributed by atoms with Crippen LogP contribution in [0, 0.1) is 0 Å². The van der Waals surface area contributed by atoms with Crippen LogP contribution in [-0.2, 0) is 24.6 Å². The molecule has 3 rings (SSSR count). The second-order valence-electron chi connectivity index (χ2n) is 7.21. The number of rotatable bonds is 4. The topological polar surface area (TPSA) is 110 Å². The summed E-state index contributed by atoms with van der Waals surface area (Å²) >= 11 is 0. The van der Waals surface area contributed by atoms with Crippen LogP contribution in [0.3, 0.4) is 0 Å². The molecule has 0 radical (unpaired) electrons. The highest BCUT2D eigenvalue weighted by Gasteiger charge is 2.32. The minimum atomic E-state index is -3.84. The highest BCUT2D eigenvalue weighted by atomic mass is 32.2. The van der Waals surface area contributed by atoms with Crippen LogP contribution >= 0.6 is 0 Å². The average molecular weight is 417 g/mol. The van der Waals surface area contributed by atoms with Gasteiger partial charge in [-0.1, -0.05) is 0 Å². The molecule has 1 N–H and O–H groups in total. The van der Waals surface area contributed by atoms with E-state index in [9.17, 15) is 21.6 Å². The molecule has 1 aromatic rings. The number of nitrogens with zero attached hydrogens (tertiary/aromatic N) is 1. The van der Waals surface area contributed by atoms with E-state index in [2.05, 4.69) is 4.72 Å². The third-order valence-corrected chi connectivity index (χ3v) is 7.98. The van der Waals surface area contributed by atoms with Gasteiger partial charge in [-0.25, -0.2) is 21.6 Å². The number of amides is 1. The number of carbonyl (C=O) groups excluding carboxylic acids is 1. The first kappa shape index (κ1) is 20.2. The maximum atomic E-state index is 12.6. The summed E-state index contributed by atoms with van der Waals surface area (Å²) in [5, 5.41) is 0. The van der Waals surface area contributed by atoms with E-state index < -0.39 is 25.9 Å². The summed E-state index contributed by atoms with van der Waals surface area (Å²) < 4.78 is 55.9. The Labute approximate surface area is 159 Å². The van der Waals surface area contributed by atoms with Gasteiger partial charge in [-0.3, -0.25) is 4.79 Å². The number of sulfonamides is 1. The number of benzene rings is 1. The van der Waals surface area contributed by atoms with Gasteiger partial charge in [0.05, 0.1) is 28.6 Å². The zero-order chi connectivity index (χ0) is 19.8. The van der Waals surface area contributed by atoms with Crippen LogP contribution in [0.2, 0.25) is 0 Å². The van der Waals surface area contributed by atoms with Crippen molar-refractivity contribution in [3.8, 4) is 0 Å². The van der Waals surface area contributed by atoms with Crippen molar-refractivity contribution in [1.82, 2.24) is 9.62 Å². The molecule has 0 saturated carbocycles. The number of carbonyl (C=O) groups is 1. The monoisotopic (exact) mass is 416 g/mol. The molecule has 10 heteroatoms. The molecule has 0 unspecified atom stereocenters. The van der Waals surface area contributed by atoms with E-state index in [1.807, 2.05) is 13.8 Å². The minimum absolute atomic E-state index is 0.00654. The van der Waals surface area contributed by atoms with Crippen molar-refractivity contribution in [2.75, 3.05) is 24.6 Å². The van der Waals surface area contributed by atoms with Crippen molar-refractivity contribution in [1.29, 1.82) is 0 Å². The zero-order valence-electron chi connectivity index (χ0n) is 15.3. The molecule has 0 aromatic heterocycles. The summed E-state index contributed by atoms with van der Waals surface area (Å²) in [5.41, 5.74) is 0.402. The summed E-state index contributed by atoms with van der Waals surface area (Å²) in [6.45, 7) is 4.78. The number of ether oxygens (including phenoxy) is 1. The lowest BCUT2D eigenvalue weighted by Gasteiger charge is -2.35. The molecule has 0 aliphatic carbocycles. The summed E-state index contributed by atoms with van der Waals surface area (Å²) in [5.74, 6) is -0.365. The van der Waals surface area contributed by atoms with Gasteiger partial charge in [0, 0.05) is 24.7 Å². The standard InChI is InChI=1S/C17H24N2O6S2/c1-12-9-19(10-13(2)25-12)17(20)14-3-5-16(6-4-14)27(23,24)18-15-7-8-26(21,22)11-15/h3-6,12-13,15,18H,7-11H2,1-2H3/t12-,13-,15-/m1/s1. The Balaban J connectivity index is 1.70. The van der Waals surface area contributed by atoms with E-state index in [1.165, 1.54) is 24.3 Å². The van der Waals surface area contributed by atoms with Gasteiger partial charge in [0.1, 0.15) is 0 Å². The second kappa shape index (κ2) is 7.50. The first-order chi connectivity index (χ1) is 12.6. The quantitative estimate of drug-likeness (QED) is 0.761. The van der Waals surface area contributed by atoms with Crippen LogP contribution in [0.15, 0.2) is 29.2 Å². The molecule has 0 bridgehead atoms. The molecule has 8 nitrogen and oxygen atoms in total. The van der Waals surface area contributed by atoms with Crippen molar-refractivity contribution in [3.63, 3.8) is 0 Å². The van der Waals surface area contributed by atoms with Gasteiger partial charge in [-0.15, -0.1) is 0 Å². The lowest BCUT2D eigenvalue weighted by atomic mass is 10.1. The van der Waals surface area contributed by atoms with E-state index in [1.54, 1.807) is 4.90 Å². The zero-order valence-corrected chi connectivity index (χ0v) is 16.9. The average Bonchev–Trinajstić information content (AvgIpc) is 2.91. The van der Waals surface area contributed by atoms with Gasteiger partial charge in [-0.05, 0) is 44.5 Å². The molecule has 27 heavy (non-hydrogen) atoms. The van der Waals surface area contributed by atoms with E-state index in [-0.39, 0.29) is 40.9 Å². The van der Waals surface area contributed by atoms with E-state index in [0.717, 1.165) is 0 Å². The van der Waals surface area contributed by atoms with Gasteiger partial charge >= 0.3 is 0 Å². The number of sulfone groups is 1. The number of morpholine rings is 1. The number of hydrogen-bond acceptors (Lipinski definition) is 6. The molecule has 2 heterocycles.